The summed E-state index contributed by atoms with van der Waals surface area (Å²) in [5.74, 6) is 2.52. The van der Waals surface area contributed by atoms with Gasteiger partial charge in [0.2, 0.25) is 6.43 Å². The van der Waals surface area contributed by atoms with Crippen LogP contribution in [0.5, 0.6) is 5.75 Å². The van der Waals surface area contributed by atoms with Crippen molar-refractivity contribution >= 4 is 0 Å². The van der Waals surface area contributed by atoms with E-state index in [1.54, 1.807) is 6.07 Å². The molecule has 0 spiro atoms. The number of rotatable bonds is 7. The van der Waals surface area contributed by atoms with Crippen LogP contribution in [0.1, 0.15) is 107 Å². The lowest BCUT2D eigenvalue weighted by Crippen LogP contribution is -2.34. The van der Waals surface area contributed by atoms with Gasteiger partial charge in [-0.2, -0.15) is 0 Å². The molecule has 2 fully saturated rings. The van der Waals surface area contributed by atoms with E-state index in [0.717, 1.165) is 50.0 Å². The maximum absolute atomic E-state index is 15.1. The van der Waals surface area contributed by atoms with E-state index in [1.165, 1.54) is 44.1 Å². The molecule has 4 rings (SSSR count). The standard InChI is InChI=1S/C27H39F3O/c1-2-3-18-4-9-20(10-5-18)23-16-22-13-14-25(31-27(22)24(28)17-23)21-11-6-19(7-12-21)8-15-26(29)30/h16-21,25-26H,2-15H2,1H3. The number of halogens is 3. The Morgan fingerprint density at radius 2 is 1.58 bits per heavy atom. The monoisotopic (exact) mass is 436 g/mol. The molecule has 0 saturated heterocycles. The van der Waals surface area contributed by atoms with Crippen LogP contribution >= 0.6 is 0 Å². The fourth-order valence-electron chi connectivity index (χ4n) is 6.47. The summed E-state index contributed by atoms with van der Waals surface area (Å²) in [6.07, 6.45) is 12.0. The number of benzene rings is 1. The van der Waals surface area contributed by atoms with E-state index in [2.05, 4.69) is 13.0 Å². The van der Waals surface area contributed by atoms with Crippen LogP contribution in [0.25, 0.3) is 0 Å². The lowest BCUT2D eigenvalue weighted by Gasteiger charge is -2.37. The molecule has 2 aliphatic carbocycles. The Labute approximate surface area is 186 Å². The van der Waals surface area contributed by atoms with Crippen molar-refractivity contribution in [2.75, 3.05) is 0 Å². The molecule has 31 heavy (non-hydrogen) atoms. The molecule has 4 heteroatoms. The molecule has 0 aromatic heterocycles. The maximum Gasteiger partial charge on any atom is 0.238 e. The van der Waals surface area contributed by atoms with E-state index < -0.39 is 6.43 Å². The lowest BCUT2D eigenvalue weighted by molar-refractivity contribution is 0.0664. The summed E-state index contributed by atoms with van der Waals surface area (Å²) < 4.78 is 46.3. The van der Waals surface area contributed by atoms with Gasteiger partial charge in [0, 0.05) is 6.42 Å². The fourth-order valence-corrected chi connectivity index (χ4v) is 6.47. The smallest absolute Gasteiger partial charge is 0.238 e. The Hall–Kier alpha value is -1.19. The van der Waals surface area contributed by atoms with E-state index >= 15 is 4.39 Å². The largest absolute Gasteiger partial charge is 0.487 e. The molecule has 1 aromatic rings. The second-order valence-electron chi connectivity index (χ2n) is 10.4. The molecule has 2 saturated carbocycles. The number of aryl methyl sites for hydroxylation is 1. The Kier molecular flexibility index (Phi) is 7.87. The predicted octanol–water partition coefficient (Wildman–Crippen LogP) is 8.44. The first-order valence-corrected chi connectivity index (χ1v) is 12.8. The molecule has 174 valence electrons. The van der Waals surface area contributed by atoms with Crippen LogP contribution in [0.15, 0.2) is 12.1 Å². The van der Waals surface area contributed by atoms with Gasteiger partial charge < -0.3 is 4.74 Å². The second kappa shape index (κ2) is 10.6. The van der Waals surface area contributed by atoms with Gasteiger partial charge in [0.15, 0.2) is 11.6 Å². The summed E-state index contributed by atoms with van der Waals surface area (Å²) in [6.45, 7) is 2.26. The molecule has 0 amide bonds. The highest BCUT2D eigenvalue weighted by Crippen LogP contribution is 2.43. The third kappa shape index (κ3) is 5.79. The minimum atomic E-state index is -2.19. The highest BCUT2D eigenvalue weighted by molar-refractivity contribution is 5.41. The Bertz CT molecular complexity index is 703. The minimum absolute atomic E-state index is 0.0242. The normalized spacial score (nSPS) is 31.3. The number of ether oxygens (including phenoxy) is 1. The van der Waals surface area contributed by atoms with Crippen LogP contribution in [0.3, 0.4) is 0 Å². The Morgan fingerprint density at radius 1 is 0.903 bits per heavy atom. The van der Waals surface area contributed by atoms with Crippen LogP contribution < -0.4 is 4.74 Å². The van der Waals surface area contributed by atoms with Crippen molar-refractivity contribution < 1.29 is 17.9 Å². The molecule has 1 atom stereocenters. The van der Waals surface area contributed by atoms with Gasteiger partial charge in [0.1, 0.15) is 6.10 Å². The molecule has 0 bridgehead atoms. The average molecular weight is 437 g/mol. The molecule has 1 aliphatic heterocycles. The number of hydrogen-bond donors (Lipinski definition) is 0. The Morgan fingerprint density at radius 3 is 2.26 bits per heavy atom. The van der Waals surface area contributed by atoms with Crippen molar-refractivity contribution in [3.8, 4) is 5.75 Å². The highest BCUT2D eigenvalue weighted by atomic mass is 19.3. The first-order valence-electron chi connectivity index (χ1n) is 12.8. The molecule has 3 aliphatic rings. The molecule has 1 heterocycles. The third-order valence-corrected chi connectivity index (χ3v) is 8.34. The molecule has 1 unspecified atom stereocenters. The zero-order chi connectivity index (χ0) is 21.8. The van der Waals surface area contributed by atoms with E-state index in [0.29, 0.717) is 29.9 Å². The minimum Gasteiger partial charge on any atom is -0.487 e. The summed E-state index contributed by atoms with van der Waals surface area (Å²) in [6, 6.07) is 3.97. The van der Waals surface area contributed by atoms with Crippen molar-refractivity contribution in [2.24, 2.45) is 17.8 Å². The SMILES string of the molecule is CCCC1CCC(c2cc(F)c3c(c2)CCC(C2CCC(CCC(F)F)CC2)O3)CC1. The van der Waals surface area contributed by atoms with Gasteiger partial charge in [-0.25, -0.2) is 13.2 Å². The molecule has 0 N–H and O–H groups in total. The van der Waals surface area contributed by atoms with Crippen molar-refractivity contribution in [3.63, 3.8) is 0 Å². The van der Waals surface area contributed by atoms with Crippen molar-refractivity contribution in [1.29, 1.82) is 0 Å². The first-order chi connectivity index (χ1) is 15.0. The zero-order valence-electron chi connectivity index (χ0n) is 19.1. The van der Waals surface area contributed by atoms with E-state index in [4.69, 9.17) is 4.74 Å². The quantitative estimate of drug-likeness (QED) is 0.417. The van der Waals surface area contributed by atoms with E-state index in [1.807, 2.05) is 0 Å². The average Bonchev–Trinajstić information content (AvgIpc) is 2.78. The first kappa shape index (κ1) is 23.0. The van der Waals surface area contributed by atoms with Crippen LogP contribution in [0, 0.1) is 23.6 Å². The summed E-state index contributed by atoms with van der Waals surface area (Å²) in [4.78, 5) is 0. The summed E-state index contributed by atoms with van der Waals surface area (Å²) >= 11 is 0. The maximum atomic E-state index is 15.1. The van der Waals surface area contributed by atoms with E-state index in [9.17, 15) is 8.78 Å². The number of fused-ring (bicyclic) bond motifs is 1. The molecular weight excluding hydrogens is 397 g/mol. The lowest BCUT2D eigenvalue weighted by atomic mass is 9.75. The van der Waals surface area contributed by atoms with Crippen LogP contribution in [-0.4, -0.2) is 12.5 Å². The predicted molar refractivity (Wildman–Crippen MR) is 119 cm³/mol. The van der Waals surface area contributed by atoms with Crippen LogP contribution in [-0.2, 0) is 6.42 Å². The zero-order valence-corrected chi connectivity index (χ0v) is 19.1. The van der Waals surface area contributed by atoms with Crippen molar-refractivity contribution in [2.45, 2.75) is 115 Å². The van der Waals surface area contributed by atoms with Gasteiger partial charge in [0.25, 0.3) is 0 Å². The molecule has 1 aromatic carbocycles. The van der Waals surface area contributed by atoms with E-state index in [-0.39, 0.29) is 18.3 Å². The molecule has 0 radical (unpaired) electrons. The van der Waals surface area contributed by atoms with Gasteiger partial charge in [-0.05, 0) is 98.7 Å². The fraction of sp³-hybridized carbons (Fsp3) is 0.778. The Balaban J connectivity index is 1.33. The van der Waals surface area contributed by atoms with Crippen molar-refractivity contribution in [1.82, 2.24) is 0 Å². The number of alkyl halides is 2. The molecular formula is C27H39F3O. The topological polar surface area (TPSA) is 9.23 Å². The summed E-state index contributed by atoms with van der Waals surface area (Å²) in [5.41, 5.74) is 2.22. The molecule has 1 nitrogen and oxygen atoms in total. The van der Waals surface area contributed by atoms with Gasteiger partial charge in [-0.15, -0.1) is 0 Å². The second-order valence-corrected chi connectivity index (χ2v) is 10.4. The third-order valence-electron chi connectivity index (χ3n) is 8.34. The van der Waals surface area contributed by atoms with Gasteiger partial charge in [0.05, 0.1) is 0 Å². The highest BCUT2D eigenvalue weighted by Gasteiger charge is 2.33. The summed E-state index contributed by atoms with van der Waals surface area (Å²) in [7, 11) is 0. The van der Waals surface area contributed by atoms with Gasteiger partial charge >= 0.3 is 0 Å². The van der Waals surface area contributed by atoms with Crippen LogP contribution in [0.2, 0.25) is 0 Å². The van der Waals surface area contributed by atoms with Gasteiger partial charge in [-0.1, -0.05) is 38.7 Å². The van der Waals surface area contributed by atoms with Gasteiger partial charge in [-0.3, -0.25) is 0 Å². The van der Waals surface area contributed by atoms with Crippen molar-refractivity contribution in [3.05, 3.63) is 29.1 Å². The summed E-state index contributed by atoms with van der Waals surface area (Å²) in [5, 5.41) is 0. The number of hydrogen-bond acceptors (Lipinski definition) is 1. The van der Waals surface area contributed by atoms with Crippen LogP contribution in [0.4, 0.5) is 13.2 Å².